The summed E-state index contributed by atoms with van der Waals surface area (Å²) in [6.07, 6.45) is 5.37. The molecule has 1 N–H and O–H groups in total. The van der Waals surface area contributed by atoms with E-state index in [1.807, 2.05) is 0 Å². The van der Waals surface area contributed by atoms with Crippen molar-refractivity contribution in [3.8, 4) is 0 Å². The number of benzene rings is 1. The largest absolute Gasteiger partial charge is 0.312 e. The second kappa shape index (κ2) is 4.45. The fourth-order valence-electron chi connectivity index (χ4n) is 3.42. The van der Waals surface area contributed by atoms with Gasteiger partial charge >= 0.3 is 0 Å². The van der Waals surface area contributed by atoms with Gasteiger partial charge in [0.05, 0.1) is 0 Å². The maximum atomic E-state index is 3.58. The van der Waals surface area contributed by atoms with E-state index >= 15 is 0 Å². The molecule has 17 heavy (non-hydrogen) atoms. The Balaban J connectivity index is 2.04. The monoisotopic (exact) mass is 229 g/mol. The maximum absolute atomic E-state index is 3.58. The van der Waals surface area contributed by atoms with Crippen LogP contribution in [0.4, 0.5) is 0 Å². The summed E-state index contributed by atoms with van der Waals surface area (Å²) in [4.78, 5) is 0. The molecule has 1 heterocycles. The van der Waals surface area contributed by atoms with Crippen LogP contribution in [0, 0.1) is 5.92 Å². The first kappa shape index (κ1) is 11.3. The van der Waals surface area contributed by atoms with Gasteiger partial charge < -0.3 is 5.32 Å². The van der Waals surface area contributed by atoms with Crippen molar-refractivity contribution in [2.24, 2.45) is 5.92 Å². The zero-order chi connectivity index (χ0) is 11.8. The Hall–Kier alpha value is -0.820. The molecule has 0 radical (unpaired) electrons. The zero-order valence-corrected chi connectivity index (χ0v) is 11.1. The molecule has 1 unspecified atom stereocenters. The number of fused-ring (bicyclic) bond motifs is 2. The maximum Gasteiger partial charge on any atom is 0.0208 e. The van der Waals surface area contributed by atoms with Gasteiger partial charge in [-0.3, -0.25) is 0 Å². The van der Waals surface area contributed by atoms with Crippen LogP contribution < -0.4 is 5.32 Å². The SMILES string of the molecule is CC(C)C1CNCc2cc3c(cc21)CCCC3. The average molecular weight is 229 g/mol. The molecule has 0 saturated carbocycles. The molecule has 1 aromatic rings. The minimum absolute atomic E-state index is 0.714. The molecule has 0 aromatic heterocycles. The smallest absolute Gasteiger partial charge is 0.0208 e. The van der Waals surface area contributed by atoms with Crippen molar-refractivity contribution >= 4 is 0 Å². The highest BCUT2D eigenvalue weighted by Crippen LogP contribution is 2.34. The Labute approximate surface area is 105 Å². The number of aryl methyl sites for hydroxylation is 2. The number of rotatable bonds is 1. The average Bonchev–Trinajstić information content (AvgIpc) is 2.35. The lowest BCUT2D eigenvalue weighted by Crippen LogP contribution is -2.31. The van der Waals surface area contributed by atoms with E-state index < -0.39 is 0 Å². The van der Waals surface area contributed by atoms with E-state index in [0.29, 0.717) is 5.92 Å². The van der Waals surface area contributed by atoms with Gasteiger partial charge in [-0.05, 0) is 59.8 Å². The van der Waals surface area contributed by atoms with Gasteiger partial charge in [0.1, 0.15) is 0 Å². The summed E-state index contributed by atoms with van der Waals surface area (Å²) in [5.74, 6) is 1.45. The summed E-state index contributed by atoms with van der Waals surface area (Å²) < 4.78 is 0. The molecule has 1 aliphatic heterocycles. The first-order valence-corrected chi connectivity index (χ1v) is 7.11. The molecule has 0 saturated heterocycles. The van der Waals surface area contributed by atoms with Crippen LogP contribution in [0.5, 0.6) is 0 Å². The molecule has 1 aliphatic carbocycles. The van der Waals surface area contributed by atoms with Crippen LogP contribution in [0.3, 0.4) is 0 Å². The van der Waals surface area contributed by atoms with E-state index in [4.69, 9.17) is 0 Å². The normalized spacial score (nSPS) is 23.4. The summed E-state index contributed by atoms with van der Waals surface area (Å²) in [6, 6.07) is 5.03. The van der Waals surface area contributed by atoms with Crippen molar-refractivity contribution in [2.75, 3.05) is 6.54 Å². The van der Waals surface area contributed by atoms with Gasteiger partial charge in [-0.2, -0.15) is 0 Å². The Morgan fingerprint density at radius 3 is 2.47 bits per heavy atom. The number of hydrogen-bond acceptors (Lipinski definition) is 1. The fraction of sp³-hybridized carbons (Fsp3) is 0.625. The van der Waals surface area contributed by atoms with Gasteiger partial charge in [0.25, 0.3) is 0 Å². The second-order valence-corrected chi connectivity index (χ2v) is 6.01. The van der Waals surface area contributed by atoms with Crippen LogP contribution in [-0.2, 0) is 19.4 Å². The first-order valence-electron chi connectivity index (χ1n) is 7.11. The minimum Gasteiger partial charge on any atom is -0.312 e. The molecule has 0 amide bonds. The third-order valence-electron chi connectivity index (χ3n) is 4.49. The van der Waals surface area contributed by atoms with E-state index in [2.05, 4.69) is 31.3 Å². The van der Waals surface area contributed by atoms with Gasteiger partial charge in [0.15, 0.2) is 0 Å². The molecule has 2 aliphatic rings. The van der Waals surface area contributed by atoms with Crippen LogP contribution in [0.15, 0.2) is 12.1 Å². The van der Waals surface area contributed by atoms with Crippen molar-refractivity contribution in [1.29, 1.82) is 0 Å². The van der Waals surface area contributed by atoms with E-state index in [0.717, 1.165) is 19.0 Å². The number of hydrogen-bond donors (Lipinski definition) is 1. The van der Waals surface area contributed by atoms with Crippen molar-refractivity contribution in [1.82, 2.24) is 5.32 Å². The van der Waals surface area contributed by atoms with Crippen molar-refractivity contribution < 1.29 is 0 Å². The van der Waals surface area contributed by atoms with Gasteiger partial charge in [-0.1, -0.05) is 26.0 Å². The molecule has 0 bridgehead atoms. The van der Waals surface area contributed by atoms with E-state index in [1.54, 1.807) is 22.3 Å². The van der Waals surface area contributed by atoms with E-state index in [9.17, 15) is 0 Å². The topological polar surface area (TPSA) is 12.0 Å². The Kier molecular flexibility index (Phi) is 2.96. The van der Waals surface area contributed by atoms with Gasteiger partial charge in [0, 0.05) is 13.1 Å². The molecule has 3 rings (SSSR count). The highest BCUT2D eigenvalue weighted by molar-refractivity contribution is 5.43. The predicted molar refractivity (Wildman–Crippen MR) is 72.4 cm³/mol. The van der Waals surface area contributed by atoms with Crippen LogP contribution >= 0.6 is 0 Å². The summed E-state index contributed by atoms with van der Waals surface area (Å²) in [7, 11) is 0. The third-order valence-corrected chi connectivity index (χ3v) is 4.49. The Morgan fingerprint density at radius 1 is 1.06 bits per heavy atom. The van der Waals surface area contributed by atoms with Crippen LogP contribution in [0.25, 0.3) is 0 Å². The standard InChI is InChI=1S/C16H23N/c1-11(2)16-10-17-9-14-7-12-5-3-4-6-13(12)8-15(14)16/h7-8,11,16-17H,3-6,9-10H2,1-2H3. The second-order valence-electron chi connectivity index (χ2n) is 6.01. The fourth-order valence-corrected chi connectivity index (χ4v) is 3.42. The lowest BCUT2D eigenvalue weighted by Gasteiger charge is -2.31. The highest BCUT2D eigenvalue weighted by Gasteiger charge is 2.24. The highest BCUT2D eigenvalue weighted by atomic mass is 14.9. The Bertz CT molecular complexity index is 420. The molecule has 1 heteroatoms. The van der Waals surface area contributed by atoms with Gasteiger partial charge in [-0.25, -0.2) is 0 Å². The van der Waals surface area contributed by atoms with Crippen LogP contribution in [-0.4, -0.2) is 6.54 Å². The van der Waals surface area contributed by atoms with Crippen LogP contribution in [0.1, 0.15) is 54.9 Å². The zero-order valence-electron chi connectivity index (χ0n) is 11.1. The first-order chi connectivity index (χ1) is 8.25. The van der Waals surface area contributed by atoms with Gasteiger partial charge in [0.2, 0.25) is 0 Å². The summed E-state index contributed by atoms with van der Waals surface area (Å²) in [5, 5.41) is 3.58. The summed E-state index contributed by atoms with van der Waals surface area (Å²) in [5.41, 5.74) is 6.47. The van der Waals surface area contributed by atoms with Crippen LogP contribution in [0.2, 0.25) is 0 Å². The minimum atomic E-state index is 0.714. The Morgan fingerprint density at radius 2 is 1.76 bits per heavy atom. The summed E-state index contributed by atoms with van der Waals surface area (Å²) >= 11 is 0. The molecule has 1 aromatic carbocycles. The predicted octanol–water partition coefficient (Wildman–Crippen LogP) is 3.41. The molecule has 0 spiro atoms. The van der Waals surface area contributed by atoms with Crippen molar-refractivity contribution in [3.63, 3.8) is 0 Å². The number of nitrogens with one attached hydrogen (secondary N) is 1. The lowest BCUT2D eigenvalue weighted by molar-refractivity contribution is 0.434. The summed E-state index contributed by atoms with van der Waals surface area (Å²) in [6.45, 7) is 6.93. The molecule has 1 nitrogen and oxygen atoms in total. The molecule has 0 fully saturated rings. The lowest BCUT2D eigenvalue weighted by atomic mass is 9.79. The van der Waals surface area contributed by atoms with Crippen molar-refractivity contribution in [2.45, 2.75) is 52.0 Å². The molecular formula is C16H23N. The van der Waals surface area contributed by atoms with E-state index in [-0.39, 0.29) is 0 Å². The third kappa shape index (κ3) is 2.01. The molecule has 1 atom stereocenters. The quantitative estimate of drug-likeness (QED) is 0.778. The van der Waals surface area contributed by atoms with Crippen molar-refractivity contribution in [3.05, 3.63) is 34.4 Å². The molecule has 92 valence electrons. The van der Waals surface area contributed by atoms with E-state index in [1.165, 1.54) is 25.7 Å². The van der Waals surface area contributed by atoms with Gasteiger partial charge in [-0.15, -0.1) is 0 Å². The molecular weight excluding hydrogens is 206 g/mol.